The van der Waals surface area contributed by atoms with Crippen LogP contribution in [0.15, 0.2) is 6.20 Å². The Bertz CT molecular complexity index is 265. The van der Waals surface area contributed by atoms with E-state index in [0.717, 1.165) is 31.6 Å². The second-order valence-electron chi connectivity index (χ2n) is 3.75. The lowest BCUT2D eigenvalue weighted by atomic mass is 10.1. The lowest BCUT2D eigenvalue weighted by Gasteiger charge is -1.97. The first-order chi connectivity index (χ1) is 6.77. The number of nitrogens with two attached hydrogens (primary N) is 1. The van der Waals surface area contributed by atoms with Gasteiger partial charge in [-0.2, -0.15) is 5.10 Å². The minimum absolute atomic E-state index is 0.763. The van der Waals surface area contributed by atoms with Crippen molar-refractivity contribution in [2.24, 2.45) is 5.73 Å². The Morgan fingerprint density at radius 3 is 2.86 bits per heavy atom. The van der Waals surface area contributed by atoms with E-state index in [-0.39, 0.29) is 0 Å². The molecule has 0 aliphatic carbocycles. The van der Waals surface area contributed by atoms with Crippen LogP contribution in [-0.2, 0) is 13.0 Å². The third-order valence-corrected chi connectivity index (χ3v) is 2.44. The maximum atomic E-state index is 5.49. The van der Waals surface area contributed by atoms with Crippen LogP contribution in [0.2, 0.25) is 0 Å². The molecular formula is C11H21N3. The summed E-state index contributed by atoms with van der Waals surface area (Å²) >= 11 is 0. The Kier molecular flexibility index (Phi) is 4.66. The van der Waals surface area contributed by atoms with Crippen LogP contribution >= 0.6 is 0 Å². The van der Waals surface area contributed by atoms with Gasteiger partial charge in [-0.15, -0.1) is 0 Å². The predicted molar refractivity (Wildman–Crippen MR) is 59.2 cm³/mol. The largest absolute Gasteiger partial charge is 0.330 e. The molecule has 3 heteroatoms. The molecule has 0 spiro atoms. The van der Waals surface area contributed by atoms with E-state index in [1.54, 1.807) is 0 Å². The summed E-state index contributed by atoms with van der Waals surface area (Å²) in [6, 6.07) is 0. The van der Waals surface area contributed by atoms with Gasteiger partial charge in [-0.25, -0.2) is 0 Å². The van der Waals surface area contributed by atoms with E-state index in [1.165, 1.54) is 18.4 Å². The Morgan fingerprint density at radius 2 is 2.21 bits per heavy atom. The second-order valence-corrected chi connectivity index (χ2v) is 3.75. The zero-order valence-electron chi connectivity index (χ0n) is 9.29. The van der Waals surface area contributed by atoms with Gasteiger partial charge in [-0.3, -0.25) is 4.68 Å². The van der Waals surface area contributed by atoms with E-state index in [9.17, 15) is 0 Å². The van der Waals surface area contributed by atoms with Crippen LogP contribution in [0.1, 0.15) is 37.4 Å². The lowest BCUT2D eigenvalue weighted by Crippen LogP contribution is -2.00. The summed E-state index contributed by atoms with van der Waals surface area (Å²) in [7, 11) is 0. The van der Waals surface area contributed by atoms with E-state index in [0.29, 0.717) is 0 Å². The van der Waals surface area contributed by atoms with Gasteiger partial charge in [0.05, 0.1) is 5.69 Å². The molecule has 3 nitrogen and oxygen atoms in total. The molecule has 80 valence electrons. The van der Waals surface area contributed by atoms with Crippen molar-refractivity contribution in [1.82, 2.24) is 9.78 Å². The van der Waals surface area contributed by atoms with Crippen LogP contribution < -0.4 is 5.73 Å². The van der Waals surface area contributed by atoms with Gasteiger partial charge in [0.15, 0.2) is 0 Å². The number of rotatable bonds is 6. The summed E-state index contributed by atoms with van der Waals surface area (Å²) in [6.07, 6.45) is 6.71. The van der Waals surface area contributed by atoms with E-state index in [1.807, 2.05) is 0 Å². The van der Waals surface area contributed by atoms with E-state index >= 15 is 0 Å². The van der Waals surface area contributed by atoms with Crippen molar-refractivity contribution in [3.05, 3.63) is 17.5 Å². The number of aryl methyl sites for hydroxylation is 3. The molecule has 0 amide bonds. The van der Waals surface area contributed by atoms with Gasteiger partial charge in [-0.05, 0) is 38.3 Å². The van der Waals surface area contributed by atoms with Gasteiger partial charge < -0.3 is 5.73 Å². The fourth-order valence-corrected chi connectivity index (χ4v) is 1.53. The molecule has 0 atom stereocenters. The highest BCUT2D eigenvalue weighted by Gasteiger charge is 2.03. The highest BCUT2D eigenvalue weighted by Crippen LogP contribution is 2.08. The first-order valence-corrected chi connectivity index (χ1v) is 5.51. The highest BCUT2D eigenvalue weighted by atomic mass is 15.3. The normalized spacial score (nSPS) is 10.8. The summed E-state index contributed by atoms with van der Waals surface area (Å²) in [5, 5.41) is 4.48. The monoisotopic (exact) mass is 195 g/mol. The zero-order valence-corrected chi connectivity index (χ0v) is 9.29. The average Bonchev–Trinajstić information content (AvgIpc) is 2.53. The van der Waals surface area contributed by atoms with Crippen molar-refractivity contribution in [3.63, 3.8) is 0 Å². The van der Waals surface area contributed by atoms with Crippen LogP contribution in [-0.4, -0.2) is 16.3 Å². The molecule has 0 saturated carbocycles. The van der Waals surface area contributed by atoms with Crippen molar-refractivity contribution < 1.29 is 0 Å². The van der Waals surface area contributed by atoms with E-state index < -0.39 is 0 Å². The molecule has 0 aliphatic rings. The predicted octanol–water partition coefficient (Wildman–Crippen LogP) is 1.88. The van der Waals surface area contributed by atoms with Crippen molar-refractivity contribution in [2.75, 3.05) is 6.54 Å². The molecular weight excluding hydrogens is 174 g/mol. The summed E-state index contributed by atoms with van der Waals surface area (Å²) in [5.74, 6) is 0. The molecule has 0 unspecified atom stereocenters. The quantitative estimate of drug-likeness (QED) is 0.753. The van der Waals surface area contributed by atoms with Crippen LogP contribution in [0.3, 0.4) is 0 Å². The molecule has 1 aromatic heterocycles. The first-order valence-electron chi connectivity index (χ1n) is 5.51. The van der Waals surface area contributed by atoms with E-state index in [2.05, 4.69) is 29.8 Å². The maximum Gasteiger partial charge on any atom is 0.0625 e. The standard InChI is InChI=1S/C11H21N3/c1-3-4-8-14-9-11(6-5-7-12)10(2)13-14/h9H,3-8,12H2,1-2H3. The molecule has 1 rings (SSSR count). The molecule has 1 heterocycles. The first kappa shape index (κ1) is 11.2. The van der Waals surface area contributed by atoms with Gasteiger partial charge >= 0.3 is 0 Å². The van der Waals surface area contributed by atoms with Gasteiger partial charge in [0.1, 0.15) is 0 Å². The number of aromatic nitrogens is 2. The molecule has 1 aromatic rings. The number of hydrogen-bond acceptors (Lipinski definition) is 2. The molecule has 14 heavy (non-hydrogen) atoms. The second kappa shape index (κ2) is 5.81. The summed E-state index contributed by atoms with van der Waals surface area (Å²) in [6.45, 7) is 6.08. The molecule has 2 N–H and O–H groups in total. The van der Waals surface area contributed by atoms with Gasteiger partial charge in [0.2, 0.25) is 0 Å². The van der Waals surface area contributed by atoms with Crippen LogP contribution in [0, 0.1) is 6.92 Å². The Labute approximate surface area is 86.3 Å². The third kappa shape index (κ3) is 3.14. The zero-order chi connectivity index (χ0) is 10.4. The molecule has 0 aliphatic heterocycles. The Balaban J connectivity index is 2.53. The number of nitrogens with zero attached hydrogens (tertiary/aromatic N) is 2. The fraction of sp³-hybridized carbons (Fsp3) is 0.727. The lowest BCUT2D eigenvalue weighted by molar-refractivity contribution is 0.568. The summed E-state index contributed by atoms with van der Waals surface area (Å²) in [5.41, 5.74) is 8.00. The van der Waals surface area contributed by atoms with Crippen LogP contribution in [0.25, 0.3) is 0 Å². The maximum absolute atomic E-state index is 5.49. The smallest absolute Gasteiger partial charge is 0.0625 e. The highest BCUT2D eigenvalue weighted by molar-refractivity contribution is 5.15. The van der Waals surface area contributed by atoms with Crippen molar-refractivity contribution in [2.45, 2.75) is 46.1 Å². The van der Waals surface area contributed by atoms with Gasteiger partial charge in [-0.1, -0.05) is 13.3 Å². The Morgan fingerprint density at radius 1 is 1.43 bits per heavy atom. The SMILES string of the molecule is CCCCn1cc(CCCN)c(C)n1. The van der Waals surface area contributed by atoms with Crippen molar-refractivity contribution >= 4 is 0 Å². The minimum atomic E-state index is 0.763. The topological polar surface area (TPSA) is 43.8 Å². The molecule has 0 bridgehead atoms. The molecule has 0 saturated heterocycles. The third-order valence-electron chi connectivity index (χ3n) is 2.44. The average molecular weight is 195 g/mol. The van der Waals surface area contributed by atoms with E-state index in [4.69, 9.17) is 5.73 Å². The van der Waals surface area contributed by atoms with Gasteiger partial charge in [0, 0.05) is 12.7 Å². The van der Waals surface area contributed by atoms with Crippen LogP contribution in [0.4, 0.5) is 0 Å². The van der Waals surface area contributed by atoms with Crippen molar-refractivity contribution in [3.8, 4) is 0 Å². The fourth-order valence-electron chi connectivity index (χ4n) is 1.53. The van der Waals surface area contributed by atoms with Gasteiger partial charge in [0.25, 0.3) is 0 Å². The summed E-state index contributed by atoms with van der Waals surface area (Å²) in [4.78, 5) is 0. The summed E-state index contributed by atoms with van der Waals surface area (Å²) < 4.78 is 2.06. The molecule has 0 radical (unpaired) electrons. The molecule has 0 aromatic carbocycles. The Hall–Kier alpha value is -0.830. The number of hydrogen-bond donors (Lipinski definition) is 1. The number of unbranched alkanes of at least 4 members (excludes halogenated alkanes) is 1. The minimum Gasteiger partial charge on any atom is -0.330 e. The van der Waals surface area contributed by atoms with Crippen molar-refractivity contribution in [1.29, 1.82) is 0 Å². The van der Waals surface area contributed by atoms with Crippen LogP contribution in [0.5, 0.6) is 0 Å². The molecule has 0 fully saturated rings.